The second-order valence-corrected chi connectivity index (χ2v) is 5.77. The van der Waals surface area contributed by atoms with Crippen LogP contribution >= 0.6 is 15.9 Å². The number of benzene rings is 2. The Bertz CT molecular complexity index is 828. The van der Waals surface area contributed by atoms with Gasteiger partial charge in [0.15, 0.2) is 0 Å². The number of nitrogens with zero attached hydrogens (tertiary/aromatic N) is 2. The van der Waals surface area contributed by atoms with E-state index >= 15 is 0 Å². The first-order valence-corrected chi connectivity index (χ1v) is 7.60. The highest BCUT2D eigenvalue weighted by Gasteiger charge is 2.13. The third-order valence-corrected chi connectivity index (χ3v) is 3.89. The number of rotatable bonds is 4. The molecule has 0 unspecified atom stereocenters. The van der Waals surface area contributed by atoms with Gasteiger partial charge in [0.25, 0.3) is 0 Å². The van der Waals surface area contributed by atoms with Crippen LogP contribution in [-0.2, 0) is 6.54 Å². The van der Waals surface area contributed by atoms with Crippen molar-refractivity contribution in [1.82, 2.24) is 10.2 Å². The van der Waals surface area contributed by atoms with E-state index in [0.29, 0.717) is 11.8 Å². The summed E-state index contributed by atoms with van der Waals surface area (Å²) in [5.74, 6) is -0.646. The molecule has 118 valence electrons. The molecule has 4 nitrogen and oxygen atoms in total. The van der Waals surface area contributed by atoms with Crippen molar-refractivity contribution in [2.24, 2.45) is 0 Å². The van der Waals surface area contributed by atoms with Crippen molar-refractivity contribution in [1.29, 1.82) is 0 Å². The van der Waals surface area contributed by atoms with Gasteiger partial charge < -0.3 is 9.73 Å². The van der Waals surface area contributed by atoms with Crippen LogP contribution in [-0.4, -0.2) is 10.2 Å². The van der Waals surface area contributed by atoms with Crippen molar-refractivity contribution in [3.05, 3.63) is 64.0 Å². The molecule has 0 radical (unpaired) electrons. The van der Waals surface area contributed by atoms with Gasteiger partial charge in [-0.1, -0.05) is 18.2 Å². The topological polar surface area (TPSA) is 51.0 Å². The number of nitrogens with one attached hydrogen (secondary N) is 1. The second kappa shape index (κ2) is 6.45. The molecule has 2 aromatic carbocycles. The molecule has 3 aromatic rings. The van der Waals surface area contributed by atoms with Gasteiger partial charge in [0.2, 0.25) is 11.8 Å². The highest BCUT2D eigenvalue weighted by atomic mass is 79.9. The molecule has 0 saturated carbocycles. The van der Waals surface area contributed by atoms with Crippen LogP contribution in [0.1, 0.15) is 11.5 Å². The Kier molecular flexibility index (Phi) is 4.38. The van der Waals surface area contributed by atoms with Gasteiger partial charge in [0.05, 0.1) is 12.2 Å². The summed E-state index contributed by atoms with van der Waals surface area (Å²) in [6.07, 6.45) is 0. The number of aromatic nitrogens is 2. The molecule has 1 heterocycles. The van der Waals surface area contributed by atoms with E-state index in [1.807, 2.05) is 31.2 Å². The Balaban J connectivity index is 1.77. The summed E-state index contributed by atoms with van der Waals surface area (Å²) in [5.41, 5.74) is 2.01. The van der Waals surface area contributed by atoms with Crippen LogP contribution in [0.5, 0.6) is 0 Å². The maximum absolute atomic E-state index is 13.7. The standard InChI is InChI=1S/C16H12BrF2N3O/c1-9-4-2-3-5-11(9)16-22-21-14(23-16)8-20-15-12(17)6-10(18)7-13(15)19/h2-7,20H,8H2,1H3. The van der Waals surface area contributed by atoms with Crippen molar-refractivity contribution in [2.45, 2.75) is 13.5 Å². The first-order valence-electron chi connectivity index (χ1n) is 6.81. The lowest BCUT2D eigenvalue weighted by Gasteiger charge is -2.07. The molecule has 1 aromatic heterocycles. The van der Waals surface area contributed by atoms with E-state index in [-0.39, 0.29) is 16.7 Å². The third-order valence-electron chi connectivity index (χ3n) is 3.27. The smallest absolute Gasteiger partial charge is 0.248 e. The summed E-state index contributed by atoms with van der Waals surface area (Å²) < 4.78 is 32.7. The minimum Gasteiger partial charge on any atom is -0.419 e. The van der Waals surface area contributed by atoms with E-state index in [2.05, 4.69) is 31.4 Å². The van der Waals surface area contributed by atoms with Crippen LogP contribution in [0, 0.1) is 18.6 Å². The molecular formula is C16H12BrF2N3O. The fourth-order valence-corrected chi connectivity index (χ4v) is 2.67. The zero-order valence-corrected chi connectivity index (χ0v) is 13.7. The molecule has 0 aliphatic carbocycles. The highest BCUT2D eigenvalue weighted by Crippen LogP contribution is 2.27. The maximum Gasteiger partial charge on any atom is 0.248 e. The fraction of sp³-hybridized carbons (Fsp3) is 0.125. The molecular weight excluding hydrogens is 368 g/mol. The first-order chi connectivity index (χ1) is 11.0. The van der Waals surface area contributed by atoms with Crippen molar-refractivity contribution in [2.75, 3.05) is 5.32 Å². The molecule has 3 rings (SSSR count). The number of halogens is 3. The number of hydrogen-bond donors (Lipinski definition) is 1. The number of anilines is 1. The van der Waals surface area contributed by atoms with E-state index in [9.17, 15) is 8.78 Å². The fourth-order valence-electron chi connectivity index (χ4n) is 2.12. The first kappa shape index (κ1) is 15.6. The van der Waals surface area contributed by atoms with E-state index in [1.165, 1.54) is 6.07 Å². The van der Waals surface area contributed by atoms with Gasteiger partial charge in [0.1, 0.15) is 11.6 Å². The molecule has 0 aliphatic heterocycles. The Morgan fingerprint density at radius 1 is 1.17 bits per heavy atom. The Labute approximate surface area is 139 Å². The second-order valence-electron chi connectivity index (χ2n) is 4.91. The van der Waals surface area contributed by atoms with Crippen LogP contribution in [0.2, 0.25) is 0 Å². The summed E-state index contributed by atoms with van der Waals surface area (Å²) in [4.78, 5) is 0. The van der Waals surface area contributed by atoms with Gasteiger partial charge in [-0.05, 0) is 40.5 Å². The lowest BCUT2D eigenvalue weighted by molar-refractivity contribution is 0.513. The molecule has 7 heteroatoms. The summed E-state index contributed by atoms with van der Waals surface area (Å²) in [7, 11) is 0. The minimum absolute atomic E-state index is 0.125. The monoisotopic (exact) mass is 379 g/mol. The lowest BCUT2D eigenvalue weighted by Crippen LogP contribution is -2.03. The predicted molar refractivity (Wildman–Crippen MR) is 85.9 cm³/mol. The van der Waals surface area contributed by atoms with Crippen molar-refractivity contribution >= 4 is 21.6 Å². The molecule has 0 atom stereocenters. The van der Waals surface area contributed by atoms with Crippen molar-refractivity contribution in [3.63, 3.8) is 0 Å². The summed E-state index contributed by atoms with van der Waals surface area (Å²) in [5, 5.41) is 10.8. The van der Waals surface area contributed by atoms with Crippen LogP contribution in [0.25, 0.3) is 11.5 Å². The van der Waals surface area contributed by atoms with E-state index in [4.69, 9.17) is 4.42 Å². The lowest BCUT2D eigenvalue weighted by atomic mass is 10.1. The van der Waals surface area contributed by atoms with Crippen LogP contribution in [0.3, 0.4) is 0 Å². The van der Waals surface area contributed by atoms with Crippen molar-refractivity contribution < 1.29 is 13.2 Å². The molecule has 0 saturated heterocycles. The van der Waals surface area contributed by atoms with Gasteiger partial charge in [-0.2, -0.15) is 0 Å². The van der Waals surface area contributed by atoms with Gasteiger partial charge in [-0.3, -0.25) is 0 Å². The minimum atomic E-state index is -0.699. The summed E-state index contributed by atoms with van der Waals surface area (Å²) in [6, 6.07) is 9.62. The van der Waals surface area contributed by atoms with Crippen LogP contribution < -0.4 is 5.32 Å². The third kappa shape index (κ3) is 3.39. The van der Waals surface area contributed by atoms with Crippen LogP contribution in [0.4, 0.5) is 14.5 Å². The zero-order chi connectivity index (χ0) is 16.4. The molecule has 0 bridgehead atoms. The van der Waals surface area contributed by atoms with Crippen molar-refractivity contribution in [3.8, 4) is 11.5 Å². The molecule has 1 N–H and O–H groups in total. The van der Waals surface area contributed by atoms with E-state index < -0.39 is 11.6 Å². The molecule has 0 amide bonds. The number of aryl methyl sites for hydroxylation is 1. The predicted octanol–water partition coefficient (Wildman–Crippen LogP) is 4.70. The van der Waals surface area contributed by atoms with Gasteiger partial charge in [0, 0.05) is 16.1 Å². The van der Waals surface area contributed by atoms with E-state index in [1.54, 1.807) is 0 Å². The van der Waals surface area contributed by atoms with Crippen LogP contribution in [0.15, 0.2) is 45.3 Å². The summed E-state index contributed by atoms with van der Waals surface area (Å²) >= 11 is 3.11. The SMILES string of the molecule is Cc1ccccc1-c1nnc(CNc2c(F)cc(F)cc2Br)o1. The zero-order valence-electron chi connectivity index (χ0n) is 12.1. The largest absolute Gasteiger partial charge is 0.419 e. The molecule has 0 spiro atoms. The number of hydrogen-bond acceptors (Lipinski definition) is 4. The average Bonchev–Trinajstić information content (AvgIpc) is 2.95. The Hall–Kier alpha value is -2.28. The summed E-state index contributed by atoms with van der Waals surface area (Å²) in [6.45, 7) is 2.07. The maximum atomic E-state index is 13.7. The van der Waals surface area contributed by atoms with E-state index in [0.717, 1.165) is 17.2 Å². The normalized spacial score (nSPS) is 10.8. The molecule has 23 heavy (non-hydrogen) atoms. The van der Waals surface area contributed by atoms with Gasteiger partial charge in [-0.25, -0.2) is 8.78 Å². The van der Waals surface area contributed by atoms with Gasteiger partial charge in [-0.15, -0.1) is 10.2 Å². The molecule has 0 aliphatic rings. The average molecular weight is 380 g/mol. The Morgan fingerprint density at radius 3 is 2.70 bits per heavy atom. The quantitative estimate of drug-likeness (QED) is 0.713. The molecule has 0 fully saturated rings. The highest BCUT2D eigenvalue weighted by molar-refractivity contribution is 9.10. The Morgan fingerprint density at radius 2 is 1.96 bits per heavy atom. The van der Waals surface area contributed by atoms with Gasteiger partial charge >= 0.3 is 0 Å².